The highest BCUT2D eigenvalue weighted by Crippen LogP contribution is 2.27. The summed E-state index contributed by atoms with van der Waals surface area (Å²) in [7, 11) is 0. The lowest BCUT2D eigenvalue weighted by molar-refractivity contribution is -0.135. The number of amides is 1. The molecule has 1 aliphatic heterocycles. The van der Waals surface area contributed by atoms with Crippen LogP contribution in [-0.4, -0.2) is 58.0 Å². The summed E-state index contributed by atoms with van der Waals surface area (Å²) in [5.41, 5.74) is 1.53. The Labute approximate surface area is 148 Å². The molecule has 0 bridgehead atoms. The van der Waals surface area contributed by atoms with E-state index in [-0.39, 0.29) is 13.0 Å². The molecule has 1 saturated heterocycles. The fourth-order valence-electron chi connectivity index (χ4n) is 3.27. The Balaban J connectivity index is 1.84. The van der Waals surface area contributed by atoms with E-state index < -0.39 is 18.7 Å². The lowest BCUT2D eigenvalue weighted by atomic mass is 10.3. The summed E-state index contributed by atoms with van der Waals surface area (Å²) in [6.07, 6.45) is -5.35. The third kappa shape index (κ3) is 4.20. The number of aryl methyl sites for hydroxylation is 1. The average Bonchev–Trinajstić information content (AvgIpc) is 2.77. The Bertz CT molecular complexity index is 775. The molecule has 0 spiro atoms. The minimum atomic E-state index is -4.18. The zero-order chi connectivity index (χ0) is 18.7. The van der Waals surface area contributed by atoms with Gasteiger partial charge in [-0.25, -0.2) is 9.78 Å². The van der Waals surface area contributed by atoms with Crippen LogP contribution in [0.15, 0.2) is 24.3 Å². The van der Waals surface area contributed by atoms with Crippen molar-refractivity contribution >= 4 is 23.1 Å². The van der Waals surface area contributed by atoms with Crippen molar-refractivity contribution in [3.63, 3.8) is 0 Å². The molecule has 1 aliphatic rings. The van der Waals surface area contributed by atoms with Gasteiger partial charge in [-0.05, 0) is 25.0 Å². The van der Waals surface area contributed by atoms with E-state index in [2.05, 4.69) is 4.98 Å². The molecule has 0 atom stereocenters. The number of rotatable bonds is 4. The van der Waals surface area contributed by atoms with E-state index in [0.717, 1.165) is 11.0 Å². The molecule has 2 aromatic rings. The lowest BCUT2D eigenvalue weighted by Gasteiger charge is -2.23. The summed E-state index contributed by atoms with van der Waals surface area (Å²) < 4.78 is 39.4. The number of anilines is 1. The number of benzene rings is 1. The van der Waals surface area contributed by atoms with Crippen LogP contribution in [0.5, 0.6) is 0 Å². The molecule has 142 valence electrons. The maximum atomic E-state index is 12.5. The Hall–Kier alpha value is -2.45. The van der Waals surface area contributed by atoms with Gasteiger partial charge in [-0.15, -0.1) is 0 Å². The quantitative estimate of drug-likeness (QED) is 0.894. The van der Waals surface area contributed by atoms with Gasteiger partial charge in [0.15, 0.2) is 0 Å². The van der Waals surface area contributed by atoms with Gasteiger partial charge < -0.3 is 19.5 Å². The summed E-state index contributed by atoms with van der Waals surface area (Å²) in [5.74, 6) is 0.612. The SMILES string of the molecule is O=C(O)N1CCCN(c2nc3ccccc3n2CCCC(F)(F)F)CC1. The molecule has 2 heterocycles. The van der Waals surface area contributed by atoms with E-state index in [1.165, 1.54) is 4.90 Å². The number of alkyl halides is 3. The van der Waals surface area contributed by atoms with Crippen LogP contribution in [0.25, 0.3) is 11.0 Å². The molecule has 1 aromatic heterocycles. The van der Waals surface area contributed by atoms with Crippen molar-refractivity contribution in [3.8, 4) is 0 Å². The molecule has 3 rings (SSSR count). The molecule has 1 aromatic carbocycles. The Morgan fingerprint density at radius 2 is 1.92 bits per heavy atom. The van der Waals surface area contributed by atoms with Crippen molar-refractivity contribution in [2.45, 2.75) is 32.0 Å². The van der Waals surface area contributed by atoms with Gasteiger partial charge in [-0.3, -0.25) is 0 Å². The van der Waals surface area contributed by atoms with E-state index >= 15 is 0 Å². The van der Waals surface area contributed by atoms with Gasteiger partial charge in [0.25, 0.3) is 0 Å². The number of para-hydroxylation sites is 2. The number of nitrogens with zero attached hydrogens (tertiary/aromatic N) is 4. The smallest absolute Gasteiger partial charge is 0.407 e. The minimum Gasteiger partial charge on any atom is -0.465 e. The minimum absolute atomic E-state index is 0.0219. The van der Waals surface area contributed by atoms with E-state index in [1.54, 1.807) is 0 Å². The van der Waals surface area contributed by atoms with Crippen LogP contribution in [0.3, 0.4) is 0 Å². The number of fused-ring (bicyclic) bond motifs is 1. The maximum Gasteiger partial charge on any atom is 0.407 e. The standard InChI is InChI=1S/C17H21F3N4O2/c18-17(19,20)7-3-10-24-14-6-2-1-5-13(14)21-15(24)22-8-4-9-23(12-11-22)16(25)26/h1-2,5-6H,3-4,7-12H2,(H,25,26). The Morgan fingerprint density at radius 1 is 1.15 bits per heavy atom. The molecule has 9 heteroatoms. The maximum absolute atomic E-state index is 12.5. The van der Waals surface area contributed by atoms with Crippen LogP contribution in [-0.2, 0) is 6.54 Å². The van der Waals surface area contributed by atoms with Crippen molar-refractivity contribution in [3.05, 3.63) is 24.3 Å². The second kappa shape index (κ2) is 7.43. The van der Waals surface area contributed by atoms with Gasteiger partial charge in [-0.2, -0.15) is 13.2 Å². The molecule has 26 heavy (non-hydrogen) atoms. The number of imidazole rings is 1. The van der Waals surface area contributed by atoms with Gasteiger partial charge >= 0.3 is 12.3 Å². The largest absolute Gasteiger partial charge is 0.465 e. The predicted octanol–water partition coefficient (Wildman–Crippen LogP) is 3.57. The third-order valence-electron chi connectivity index (χ3n) is 4.53. The highest BCUT2D eigenvalue weighted by molar-refractivity contribution is 5.78. The number of carbonyl (C=O) groups is 1. The van der Waals surface area contributed by atoms with E-state index in [0.29, 0.717) is 38.5 Å². The number of aromatic nitrogens is 2. The van der Waals surface area contributed by atoms with Gasteiger partial charge in [0.1, 0.15) is 0 Å². The number of hydrogen-bond acceptors (Lipinski definition) is 3. The zero-order valence-corrected chi connectivity index (χ0v) is 14.2. The Kier molecular flexibility index (Phi) is 5.24. The van der Waals surface area contributed by atoms with Crippen molar-refractivity contribution in [2.75, 3.05) is 31.1 Å². The summed E-state index contributed by atoms with van der Waals surface area (Å²) in [6.45, 7) is 2.09. The molecule has 1 amide bonds. The molecule has 0 radical (unpaired) electrons. The van der Waals surface area contributed by atoms with Crippen molar-refractivity contribution < 1.29 is 23.1 Å². The van der Waals surface area contributed by atoms with Crippen LogP contribution in [0.4, 0.5) is 23.9 Å². The lowest BCUT2D eigenvalue weighted by Crippen LogP contribution is -2.35. The van der Waals surface area contributed by atoms with E-state index in [4.69, 9.17) is 5.11 Å². The van der Waals surface area contributed by atoms with Gasteiger partial charge in [-0.1, -0.05) is 12.1 Å². The summed E-state index contributed by atoms with van der Waals surface area (Å²) in [6, 6.07) is 7.36. The Morgan fingerprint density at radius 3 is 2.65 bits per heavy atom. The molecular formula is C17H21F3N4O2. The first kappa shape index (κ1) is 18.3. The summed E-state index contributed by atoms with van der Waals surface area (Å²) in [4.78, 5) is 19.1. The van der Waals surface area contributed by atoms with Crippen LogP contribution in [0.2, 0.25) is 0 Å². The first-order valence-electron chi connectivity index (χ1n) is 8.60. The molecule has 6 nitrogen and oxygen atoms in total. The average molecular weight is 370 g/mol. The molecule has 1 N–H and O–H groups in total. The molecule has 0 aliphatic carbocycles. The first-order valence-corrected chi connectivity index (χ1v) is 8.60. The fraction of sp³-hybridized carbons (Fsp3) is 0.529. The normalized spacial score (nSPS) is 16.1. The second-order valence-corrected chi connectivity index (χ2v) is 6.38. The molecule has 1 fully saturated rings. The topological polar surface area (TPSA) is 61.6 Å². The van der Waals surface area contributed by atoms with Crippen LogP contribution >= 0.6 is 0 Å². The van der Waals surface area contributed by atoms with Crippen molar-refractivity contribution in [1.82, 2.24) is 14.5 Å². The zero-order valence-electron chi connectivity index (χ0n) is 14.2. The highest BCUT2D eigenvalue weighted by Gasteiger charge is 2.27. The molecule has 0 unspecified atom stereocenters. The fourth-order valence-corrected chi connectivity index (χ4v) is 3.27. The van der Waals surface area contributed by atoms with E-state index in [9.17, 15) is 18.0 Å². The molecule has 0 saturated carbocycles. The van der Waals surface area contributed by atoms with Crippen molar-refractivity contribution in [1.29, 1.82) is 0 Å². The van der Waals surface area contributed by atoms with E-state index in [1.807, 2.05) is 33.7 Å². The van der Waals surface area contributed by atoms with Crippen LogP contribution < -0.4 is 4.90 Å². The predicted molar refractivity (Wildman–Crippen MR) is 91.4 cm³/mol. The number of carboxylic acid groups (broad SMARTS) is 1. The monoisotopic (exact) mass is 370 g/mol. The first-order chi connectivity index (χ1) is 12.3. The summed E-state index contributed by atoms with van der Waals surface area (Å²) in [5, 5.41) is 9.16. The highest BCUT2D eigenvalue weighted by atomic mass is 19.4. The van der Waals surface area contributed by atoms with Crippen LogP contribution in [0.1, 0.15) is 19.3 Å². The number of hydrogen-bond donors (Lipinski definition) is 1. The number of halogens is 3. The van der Waals surface area contributed by atoms with Gasteiger partial charge in [0.05, 0.1) is 11.0 Å². The second-order valence-electron chi connectivity index (χ2n) is 6.38. The molecular weight excluding hydrogens is 349 g/mol. The van der Waals surface area contributed by atoms with Crippen LogP contribution in [0, 0.1) is 0 Å². The summed E-state index contributed by atoms with van der Waals surface area (Å²) >= 11 is 0. The van der Waals surface area contributed by atoms with Gasteiger partial charge in [0, 0.05) is 39.1 Å². The van der Waals surface area contributed by atoms with Gasteiger partial charge in [0.2, 0.25) is 5.95 Å². The van der Waals surface area contributed by atoms with Crippen molar-refractivity contribution in [2.24, 2.45) is 0 Å². The third-order valence-corrected chi connectivity index (χ3v) is 4.53.